The first-order valence-electron chi connectivity index (χ1n) is 12.7. The van der Waals surface area contributed by atoms with Gasteiger partial charge in [-0.15, -0.1) is 0 Å². The molecule has 0 radical (unpaired) electrons. The lowest BCUT2D eigenvalue weighted by Gasteiger charge is -2.10. The number of aliphatic imine (C=N–C) groups is 1. The largest absolute Gasteiger partial charge is 0.481 e. The Labute approximate surface area is 257 Å². The van der Waals surface area contributed by atoms with Gasteiger partial charge in [-0.25, -0.2) is 4.79 Å². The molecule has 0 aliphatic rings. The molecule has 0 aliphatic heterocycles. The van der Waals surface area contributed by atoms with Gasteiger partial charge in [-0.05, 0) is 44.1 Å². The van der Waals surface area contributed by atoms with Crippen molar-refractivity contribution in [2.75, 3.05) is 18.6 Å². The Kier molecular flexibility index (Phi) is 30.7. The molecular weight excluding hydrogens is 612 g/mol. The third kappa shape index (κ3) is 37.8. The van der Waals surface area contributed by atoms with E-state index in [4.69, 9.17) is 59.9 Å². The number of carbonyl (C=O) groups excluding carboxylic acids is 2. The molecule has 18 N–H and O–H groups in total. The molecule has 0 saturated carbocycles. The number of thioether (sulfide) groups is 1. The lowest BCUT2D eigenvalue weighted by atomic mass is 10.1. The first-order chi connectivity index (χ1) is 20.2. The lowest BCUT2D eigenvalue weighted by Crippen LogP contribution is -2.39. The third-order valence-corrected chi connectivity index (χ3v) is 5.22. The van der Waals surface area contributed by atoms with Gasteiger partial charge in [0.1, 0.15) is 24.2 Å². The highest BCUT2D eigenvalue weighted by Gasteiger charge is 2.19. The topological polar surface area (TPSA) is 401 Å². The summed E-state index contributed by atoms with van der Waals surface area (Å²) >= 11 is 1.60. The molecule has 4 atom stereocenters. The molecule has 2 amide bonds. The molecule has 0 aromatic heterocycles. The number of guanidine groups is 1. The van der Waals surface area contributed by atoms with Gasteiger partial charge in [0.25, 0.3) is 0 Å². The summed E-state index contributed by atoms with van der Waals surface area (Å²) in [6.07, 6.45) is 3.17. The molecule has 4 unspecified atom stereocenters. The van der Waals surface area contributed by atoms with Crippen LogP contribution in [0.1, 0.15) is 51.9 Å². The van der Waals surface area contributed by atoms with E-state index in [0.717, 1.165) is 5.75 Å². The first kappa shape index (κ1) is 46.7. The van der Waals surface area contributed by atoms with E-state index in [1.165, 1.54) is 6.92 Å². The maximum absolute atomic E-state index is 10.5. The van der Waals surface area contributed by atoms with Crippen molar-refractivity contribution in [3.63, 3.8) is 0 Å². The number of carboxylic acids is 5. The molecule has 20 nitrogen and oxygen atoms in total. The van der Waals surface area contributed by atoms with Crippen molar-refractivity contribution in [3.05, 3.63) is 0 Å². The van der Waals surface area contributed by atoms with Gasteiger partial charge >= 0.3 is 29.8 Å². The van der Waals surface area contributed by atoms with Crippen molar-refractivity contribution in [3.8, 4) is 0 Å². The van der Waals surface area contributed by atoms with Gasteiger partial charge in [0.15, 0.2) is 5.96 Å². The third-order valence-electron chi connectivity index (χ3n) is 4.58. The minimum atomic E-state index is -1.23. The van der Waals surface area contributed by atoms with Crippen LogP contribution in [0.4, 0.5) is 0 Å². The van der Waals surface area contributed by atoms with Crippen LogP contribution in [0.25, 0.3) is 0 Å². The number of amides is 2. The van der Waals surface area contributed by atoms with Crippen LogP contribution in [0, 0.1) is 0 Å². The summed E-state index contributed by atoms with van der Waals surface area (Å²) in [5.41, 5.74) is 30.3. The molecule has 21 heteroatoms. The van der Waals surface area contributed by atoms with Crippen molar-refractivity contribution in [1.82, 2.24) is 5.32 Å². The van der Waals surface area contributed by atoms with E-state index >= 15 is 0 Å². The van der Waals surface area contributed by atoms with Crippen molar-refractivity contribution < 1.29 is 59.1 Å². The Bertz CT molecular complexity index is 935. The number of hydrogen-bond donors (Lipinski definition) is 12. The maximum Gasteiger partial charge on any atom is 0.326 e. The molecule has 0 fully saturated rings. The van der Waals surface area contributed by atoms with Crippen LogP contribution in [0.3, 0.4) is 0 Å². The predicted octanol–water partition coefficient (Wildman–Crippen LogP) is -3.29. The van der Waals surface area contributed by atoms with E-state index in [1.807, 2.05) is 6.26 Å². The molecule has 0 aromatic rings. The Morgan fingerprint density at radius 3 is 1.50 bits per heavy atom. The van der Waals surface area contributed by atoms with Crippen LogP contribution < -0.4 is 39.7 Å². The Hall–Kier alpha value is -4.21. The SMILES string of the molecule is CC(=O)NC(CCC(=O)O)C(=O)O.CSCCC(N)C(=O)O.NC(=O)CCC(N)C(=O)O.NC(N)=NCCCC(N)C(=O)O. The van der Waals surface area contributed by atoms with Crippen LogP contribution in [-0.2, 0) is 33.6 Å². The zero-order chi connectivity index (χ0) is 35.4. The summed E-state index contributed by atoms with van der Waals surface area (Å²) < 4.78 is 0. The summed E-state index contributed by atoms with van der Waals surface area (Å²) in [6, 6.07) is -3.60. The van der Waals surface area contributed by atoms with Crippen LogP contribution >= 0.6 is 11.8 Å². The quantitative estimate of drug-likeness (QED) is 0.0389. The van der Waals surface area contributed by atoms with Crippen molar-refractivity contribution in [2.24, 2.45) is 39.4 Å². The monoisotopic (exact) mass is 658 g/mol. The number of hydrogen-bond acceptors (Lipinski definition) is 12. The minimum absolute atomic E-state index is 0.0129. The van der Waals surface area contributed by atoms with Crippen molar-refractivity contribution in [2.45, 2.75) is 76.0 Å². The summed E-state index contributed by atoms with van der Waals surface area (Å²) in [5.74, 6) is -5.53. The van der Waals surface area contributed by atoms with Gasteiger partial charge in [0, 0.05) is 26.3 Å². The number of carbonyl (C=O) groups is 7. The standard InChI is InChI=1S/C7H11NO5.C6H14N4O2.C5H10N2O3.C5H11NO2S/c1-4(9)8-5(7(12)13)2-3-6(10)11;7-4(5(11)12)2-1-3-10-6(8)9;6-3(5(9)10)1-2-4(7)8;1-9-3-2-4(6)5(7)8/h5H,2-3H2,1H3,(H,8,9)(H,10,11)(H,12,13);4H,1-3,7H2,(H,11,12)(H4,8,9,10);3H,1-2,6H2,(H2,7,8)(H,9,10);4H,2-3,6H2,1H3,(H,7,8). The Morgan fingerprint density at radius 2 is 1.16 bits per heavy atom. The molecule has 256 valence electrons. The molecule has 0 aliphatic carbocycles. The molecular formula is C23H46N8O12S. The maximum atomic E-state index is 10.5. The molecule has 0 spiro atoms. The van der Waals surface area contributed by atoms with E-state index in [2.05, 4.69) is 10.3 Å². The van der Waals surface area contributed by atoms with E-state index in [0.29, 0.717) is 25.8 Å². The highest BCUT2D eigenvalue weighted by molar-refractivity contribution is 7.98. The smallest absolute Gasteiger partial charge is 0.326 e. The van der Waals surface area contributed by atoms with Crippen molar-refractivity contribution >= 4 is 59.4 Å². The van der Waals surface area contributed by atoms with E-state index in [9.17, 15) is 33.6 Å². The normalized spacial score (nSPS) is 12.3. The van der Waals surface area contributed by atoms with Crippen LogP contribution in [0.2, 0.25) is 0 Å². The fraction of sp³-hybridized carbons (Fsp3) is 0.652. The van der Waals surface area contributed by atoms with Crippen molar-refractivity contribution in [1.29, 1.82) is 0 Å². The minimum Gasteiger partial charge on any atom is -0.481 e. The van der Waals surface area contributed by atoms with Crippen LogP contribution in [0.5, 0.6) is 0 Å². The number of nitrogens with zero attached hydrogens (tertiary/aromatic N) is 1. The molecule has 0 heterocycles. The van der Waals surface area contributed by atoms with Gasteiger partial charge in [-0.1, -0.05) is 0 Å². The number of nitrogens with two attached hydrogens (primary N) is 6. The zero-order valence-corrected chi connectivity index (χ0v) is 25.4. The molecule has 0 saturated heterocycles. The highest BCUT2D eigenvalue weighted by Crippen LogP contribution is 1.99. The van der Waals surface area contributed by atoms with Gasteiger partial charge in [-0.2, -0.15) is 11.8 Å². The Balaban J connectivity index is -0.000000245. The second-order valence-electron chi connectivity index (χ2n) is 8.59. The molecule has 0 rings (SSSR count). The lowest BCUT2D eigenvalue weighted by molar-refractivity contribution is -0.143. The van der Waals surface area contributed by atoms with E-state index in [-0.39, 0.29) is 31.6 Å². The van der Waals surface area contributed by atoms with Crippen LogP contribution in [0.15, 0.2) is 4.99 Å². The van der Waals surface area contributed by atoms with Gasteiger partial charge in [0.05, 0.1) is 0 Å². The van der Waals surface area contributed by atoms with Gasteiger partial charge in [0.2, 0.25) is 11.8 Å². The average Bonchev–Trinajstić information content (AvgIpc) is 2.90. The molecule has 0 aromatic carbocycles. The summed E-state index contributed by atoms with van der Waals surface area (Å²) in [4.78, 5) is 75.1. The van der Waals surface area contributed by atoms with Crippen LogP contribution in [-0.4, -0.2) is 116 Å². The van der Waals surface area contributed by atoms with E-state index < -0.39 is 65.8 Å². The summed E-state index contributed by atoms with van der Waals surface area (Å²) in [6.45, 7) is 1.60. The molecule has 0 bridgehead atoms. The fourth-order valence-electron chi connectivity index (χ4n) is 2.20. The number of nitrogens with one attached hydrogen (secondary N) is 1. The number of carboxylic acid groups (broad SMARTS) is 5. The highest BCUT2D eigenvalue weighted by atomic mass is 32.2. The summed E-state index contributed by atoms with van der Waals surface area (Å²) in [5, 5.41) is 43.8. The molecule has 44 heavy (non-hydrogen) atoms. The number of primary amides is 1. The first-order valence-corrected chi connectivity index (χ1v) is 14.1. The zero-order valence-electron chi connectivity index (χ0n) is 24.6. The Morgan fingerprint density at radius 1 is 0.705 bits per heavy atom. The fourth-order valence-corrected chi connectivity index (χ4v) is 2.69. The van der Waals surface area contributed by atoms with E-state index in [1.54, 1.807) is 11.8 Å². The van der Waals surface area contributed by atoms with Gasteiger partial charge in [-0.3, -0.25) is 33.8 Å². The second-order valence-corrected chi connectivity index (χ2v) is 9.58. The van der Waals surface area contributed by atoms with Gasteiger partial charge < -0.3 is 65.3 Å². The summed E-state index contributed by atoms with van der Waals surface area (Å²) in [7, 11) is 0. The average molecular weight is 659 g/mol. The number of aliphatic carboxylic acids is 5. The second kappa shape index (κ2) is 28.9. The number of rotatable bonds is 18. The predicted molar refractivity (Wildman–Crippen MR) is 160 cm³/mol.